The van der Waals surface area contributed by atoms with Crippen LogP contribution in [0.3, 0.4) is 0 Å². The molecule has 6 nitrogen and oxygen atoms in total. The molecule has 2 aromatic rings. The Morgan fingerprint density at radius 3 is 2.81 bits per heavy atom. The maximum atomic E-state index is 10.9. The summed E-state index contributed by atoms with van der Waals surface area (Å²) in [6.45, 7) is 5.29. The molecule has 112 valence electrons. The standard InChI is InChI=1S/C15H20N4O2/c1-3-12(2)18-9-8-14(17-18)11-16-10-13-6-4-5-7-15(13)19(20)21/h4-9,12,16H,3,10-11H2,1-2H3. The normalized spacial score (nSPS) is 12.3. The number of nitro benzene ring substituents is 1. The molecule has 1 aromatic carbocycles. The number of benzene rings is 1. The summed E-state index contributed by atoms with van der Waals surface area (Å²) < 4.78 is 1.95. The summed E-state index contributed by atoms with van der Waals surface area (Å²) in [6, 6.07) is 9.13. The van der Waals surface area contributed by atoms with Gasteiger partial charge in [-0.2, -0.15) is 5.10 Å². The largest absolute Gasteiger partial charge is 0.307 e. The van der Waals surface area contributed by atoms with Gasteiger partial charge in [0.05, 0.1) is 10.6 Å². The Morgan fingerprint density at radius 1 is 1.33 bits per heavy atom. The summed E-state index contributed by atoms with van der Waals surface area (Å²) in [5, 5.41) is 18.6. The van der Waals surface area contributed by atoms with Crippen LogP contribution >= 0.6 is 0 Å². The molecule has 21 heavy (non-hydrogen) atoms. The van der Waals surface area contributed by atoms with Gasteiger partial charge < -0.3 is 5.32 Å². The van der Waals surface area contributed by atoms with Crippen molar-refractivity contribution in [2.24, 2.45) is 0 Å². The fourth-order valence-corrected chi connectivity index (χ4v) is 2.07. The average molecular weight is 288 g/mol. The Bertz CT molecular complexity index is 609. The number of nitro groups is 1. The first-order chi connectivity index (χ1) is 10.1. The highest BCUT2D eigenvalue weighted by molar-refractivity contribution is 5.39. The van der Waals surface area contributed by atoms with Crippen LogP contribution in [0.2, 0.25) is 0 Å². The second kappa shape index (κ2) is 6.99. The molecule has 1 atom stereocenters. The fourth-order valence-electron chi connectivity index (χ4n) is 2.07. The molecule has 0 saturated carbocycles. The Morgan fingerprint density at radius 2 is 2.10 bits per heavy atom. The highest BCUT2D eigenvalue weighted by Crippen LogP contribution is 2.17. The van der Waals surface area contributed by atoms with Gasteiger partial charge in [-0.25, -0.2) is 0 Å². The summed E-state index contributed by atoms with van der Waals surface area (Å²) in [5.74, 6) is 0. The minimum atomic E-state index is -0.353. The van der Waals surface area contributed by atoms with Crippen LogP contribution < -0.4 is 5.32 Å². The van der Waals surface area contributed by atoms with Crippen molar-refractivity contribution in [3.63, 3.8) is 0 Å². The number of rotatable bonds is 7. The summed E-state index contributed by atoms with van der Waals surface area (Å²) in [4.78, 5) is 10.6. The highest BCUT2D eigenvalue weighted by atomic mass is 16.6. The summed E-state index contributed by atoms with van der Waals surface area (Å²) in [5.41, 5.74) is 1.77. The molecule has 2 rings (SSSR count). The van der Waals surface area contributed by atoms with E-state index >= 15 is 0 Å². The molecule has 0 amide bonds. The van der Waals surface area contributed by atoms with Gasteiger partial charge in [0.2, 0.25) is 0 Å². The molecular weight excluding hydrogens is 268 g/mol. The number of para-hydroxylation sites is 1. The minimum absolute atomic E-state index is 0.148. The number of hydrogen-bond donors (Lipinski definition) is 1. The zero-order valence-electron chi connectivity index (χ0n) is 12.3. The Kier molecular flexibility index (Phi) is 5.05. The van der Waals surface area contributed by atoms with Gasteiger partial charge >= 0.3 is 0 Å². The second-order valence-corrected chi connectivity index (χ2v) is 5.03. The molecule has 1 unspecified atom stereocenters. The first-order valence-corrected chi connectivity index (χ1v) is 7.09. The van der Waals surface area contributed by atoms with Crippen LogP contribution in [-0.2, 0) is 13.1 Å². The summed E-state index contributed by atoms with van der Waals surface area (Å²) in [6.07, 6.45) is 3.00. The number of nitrogens with one attached hydrogen (secondary N) is 1. The molecule has 0 spiro atoms. The van der Waals surface area contributed by atoms with Gasteiger partial charge in [-0.15, -0.1) is 0 Å². The third-order valence-electron chi connectivity index (χ3n) is 3.52. The quantitative estimate of drug-likeness (QED) is 0.627. The minimum Gasteiger partial charge on any atom is -0.307 e. The first kappa shape index (κ1) is 15.2. The van der Waals surface area contributed by atoms with Crippen LogP contribution in [0.4, 0.5) is 5.69 Å². The van der Waals surface area contributed by atoms with E-state index in [-0.39, 0.29) is 10.6 Å². The van der Waals surface area contributed by atoms with E-state index in [0.717, 1.165) is 12.1 Å². The molecular formula is C15H20N4O2. The molecule has 1 N–H and O–H groups in total. The van der Waals surface area contributed by atoms with E-state index in [4.69, 9.17) is 0 Å². The zero-order valence-corrected chi connectivity index (χ0v) is 12.3. The summed E-state index contributed by atoms with van der Waals surface area (Å²) >= 11 is 0. The molecule has 0 aliphatic heterocycles. The molecule has 0 aliphatic carbocycles. The first-order valence-electron chi connectivity index (χ1n) is 7.09. The monoisotopic (exact) mass is 288 g/mol. The van der Waals surface area contributed by atoms with Crippen molar-refractivity contribution in [3.05, 3.63) is 57.9 Å². The average Bonchev–Trinajstić information content (AvgIpc) is 2.95. The highest BCUT2D eigenvalue weighted by Gasteiger charge is 2.11. The Balaban J connectivity index is 1.93. The molecule has 0 fully saturated rings. The van der Waals surface area contributed by atoms with Gasteiger partial charge in [0.1, 0.15) is 0 Å². The van der Waals surface area contributed by atoms with Crippen LogP contribution in [0.15, 0.2) is 36.5 Å². The van der Waals surface area contributed by atoms with Crippen molar-refractivity contribution >= 4 is 5.69 Å². The molecule has 1 aromatic heterocycles. The van der Waals surface area contributed by atoms with E-state index in [9.17, 15) is 10.1 Å². The van der Waals surface area contributed by atoms with Crippen molar-refractivity contribution in [3.8, 4) is 0 Å². The van der Waals surface area contributed by atoms with E-state index in [1.54, 1.807) is 12.1 Å². The van der Waals surface area contributed by atoms with Crippen LogP contribution in [0.5, 0.6) is 0 Å². The van der Waals surface area contributed by atoms with Gasteiger partial charge in [-0.05, 0) is 19.4 Å². The SMILES string of the molecule is CCC(C)n1ccc(CNCc2ccccc2[N+](=O)[O-])n1. The predicted octanol–water partition coefficient (Wildman–Crippen LogP) is 3.05. The second-order valence-electron chi connectivity index (χ2n) is 5.03. The lowest BCUT2D eigenvalue weighted by atomic mass is 10.2. The lowest BCUT2D eigenvalue weighted by Gasteiger charge is -2.08. The van der Waals surface area contributed by atoms with Gasteiger partial charge in [-0.3, -0.25) is 14.8 Å². The lowest BCUT2D eigenvalue weighted by Crippen LogP contribution is -2.15. The van der Waals surface area contributed by atoms with Crippen molar-refractivity contribution in [1.29, 1.82) is 0 Å². The molecule has 0 saturated heterocycles. The van der Waals surface area contributed by atoms with E-state index in [0.29, 0.717) is 24.7 Å². The van der Waals surface area contributed by atoms with E-state index < -0.39 is 0 Å². The van der Waals surface area contributed by atoms with Crippen LogP contribution in [0.25, 0.3) is 0 Å². The van der Waals surface area contributed by atoms with Gasteiger partial charge in [0, 0.05) is 37.0 Å². The topological polar surface area (TPSA) is 73.0 Å². The molecule has 0 bridgehead atoms. The van der Waals surface area contributed by atoms with Crippen molar-refractivity contribution < 1.29 is 4.92 Å². The Hall–Kier alpha value is -2.21. The van der Waals surface area contributed by atoms with Crippen molar-refractivity contribution in [1.82, 2.24) is 15.1 Å². The zero-order chi connectivity index (χ0) is 15.2. The predicted molar refractivity (Wildman–Crippen MR) is 80.9 cm³/mol. The van der Waals surface area contributed by atoms with E-state index in [1.807, 2.05) is 23.0 Å². The third kappa shape index (κ3) is 3.88. The molecule has 0 radical (unpaired) electrons. The smallest absolute Gasteiger partial charge is 0.273 e. The van der Waals surface area contributed by atoms with Gasteiger partial charge in [0.25, 0.3) is 5.69 Å². The van der Waals surface area contributed by atoms with Crippen molar-refractivity contribution in [2.75, 3.05) is 0 Å². The number of aromatic nitrogens is 2. The maximum Gasteiger partial charge on any atom is 0.273 e. The van der Waals surface area contributed by atoms with Gasteiger partial charge in [0.15, 0.2) is 0 Å². The van der Waals surface area contributed by atoms with E-state index in [1.165, 1.54) is 6.07 Å². The van der Waals surface area contributed by atoms with Crippen LogP contribution in [-0.4, -0.2) is 14.7 Å². The summed E-state index contributed by atoms with van der Waals surface area (Å²) in [7, 11) is 0. The van der Waals surface area contributed by atoms with E-state index in [2.05, 4.69) is 24.3 Å². The Labute approximate surface area is 123 Å². The number of hydrogen-bond acceptors (Lipinski definition) is 4. The third-order valence-corrected chi connectivity index (χ3v) is 3.52. The lowest BCUT2D eigenvalue weighted by molar-refractivity contribution is -0.385. The number of nitrogens with zero attached hydrogens (tertiary/aromatic N) is 3. The molecule has 1 heterocycles. The molecule has 0 aliphatic rings. The van der Waals surface area contributed by atoms with Crippen molar-refractivity contribution in [2.45, 2.75) is 39.4 Å². The van der Waals surface area contributed by atoms with Crippen LogP contribution in [0, 0.1) is 10.1 Å². The van der Waals surface area contributed by atoms with Gasteiger partial charge in [-0.1, -0.05) is 25.1 Å². The molecule has 6 heteroatoms. The fraction of sp³-hybridized carbons (Fsp3) is 0.400. The maximum absolute atomic E-state index is 10.9. The van der Waals surface area contributed by atoms with Crippen LogP contribution in [0.1, 0.15) is 37.6 Å².